The SMILES string of the molecule is O=C(CSc1cc(Cl)ccc1Cl)OCC(=O)C12CC3CC(CC(C3)C1)C2. The number of Topliss-reactive ketones (excluding diaryl/α,β-unsaturated/α-hetero) is 1. The van der Waals surface area contributed by atoms with Crippen LogP contribution in [0.15, 0.2) is 23.1 Å². The summed E-state index contributed by atoms with van der Waals surface area (Å²) in [6, 6.07) is 5.13. The van der Waals surface area contributed by atoms with Crippen molar-refractivity contribution >= 4 is 46.7 Å². The number of rotatable bonds is 6. The first kappa shape index (κ1) is 18.6. The van der Waals surface area contributed by atoms with E-state index in [4.69, 9.17) is 27.9 Å². The summed E-state index contributed by atoms with van der Waals surface area (Å²) in [6.07, 6.45) is 6.89. The molecule has 4 aliphatic carbocycles. The molecular formula is C20H22Cl2O3S. The summed E-state index contributed by atoms with van der Waals surface area (Å²) >= 11 is 13.3. The maximum Gasteiger partial charge on any atom is 0.316 e. The number of ether oxygens (including phenoxy) is 1. The van der Waals surface area contributed by atoms with Crippen LogP contribution >= 0.6 is 35.0 Å². The van der Waals surface area contributed by atoms with E-state index in [0.717, 1.165) is 24.2 Å². The molecule has 0 radical (unpaired) electrons. The van der Waals surface area contributed by atoms with Crippen LogP contribution in [-0.4, -0.2) is 24.1 Å². The van der Waals surface area contributed by atoms with E-state index in [1.165, 1.54) is 31.0 Å². The first-order chi connectivity index (χ1) is 12.4. The molecule has 4 bridgehead atoms. The quantitative estimate of drug-likeness (QED) is 0.462. The molecule has 1 aromatic rings. The van der Waals surface area contributed by atoms with Crippen LogP contribution < -0.4 is 0 Å². The highest BCUT2D eigenvalue weighted by molar-refractivity contribution is 8.00. The maximum atomic E-state index is 12.9. The molecule has 0 amide bonds. The number of thioether (sulfide) groups is 1. The number of hydrogen-bond donors (Lipinski definition) is 0. The van der Waals surface area contributed by atoms with Gasteiger partial charge in [-0.05, 0) is 74.5 Å². The molecule has 0 unspecified atom stereocenters. The van der Waals surface area contributed by atoms with Crippen molar-refractivity contribution in [3.63, 3.8) is 0 Å². The number of halogens is 2. The topological polar surface area (TPSA) is 43.4 Å². The normalized spacial score (nSPS) is 31.8. The van der Waals surface area contributed by atoms with Crippen LogP contribution in [-0.2, 0) is 14.3 Å². The van der Waals surface area contributed by atoms with Gasteiger partial charge in [-0.3, -0.25) is 9.59 Å². The molecule has 26 heavy (non-hydrogen) atoms. The van der Waals surface area contributed by atoms with E-state index in [1.54, 1.807) is 18.2 Å². The summed E-state index contributed by atoms with van der Waals surface area (Å²) in [6.45, 7) is -0.0885. The van der Waals surface area contributed by atoms with Crippen molar-refractivity contribution in [2.24, 2.45) is 23.2 Å². The number of carbonyl (C=O) groups is 2. The summed E-state index contributed by atoms with van der Waals surface area (Å²) < 4.78 is 5.30. The Hall–Kier alpha value is -0.710. The van der Waals surface area contributed by atoms with Gasteiger partial charge < -0.3 is 4.74 Å². The van der Waals surface area contributed by atoms with Crippen molar-refractivity contribution in [3.05, 3.63) is 28.2 Å². The summed E-state index contributed by atoms with van der Waals surface area (Å²) in [5.41, 5.74) is -0.210. The van der Waals surface area contributed by atoms with E-state index in [0.29, 0.717) is 27.8 Å². The summed E-state index contributed by atoms with van der Waals surface area (Å²) in [5, 5.41) is 1.12. The predicted molar refractivity (Wildman–Crippen MR) is 104 cm³/mol. The fourth-order valence-corrected chi connectivity index (χ4v) is 6.81. The summed E-state index contributed by atoms with van der Waals surface area (Å²) in [4.78, 5) is 25.7. The van der Waals surface area contributed by atoms with Gasteiger partial charge in [0.25, 0.3) is 0 Å². The minimum absolute atomic E-state index is 0.0885. The van der Waals surface area contributed by atoms with E-state index in [1.807, 2.05) is 0 Å². The van der Waals surface area contributed by atoms with E-state index in [-0.39, 0.29) is 29.5 Å². The van der Waals surface area contributed by atoms with Crippen molar-refractivity contribution in [1.29, 1.82) is 0 Å². The van der Waals surface area contributed by atoms with Gasteiger partial charge >= 0.3 is 5.97 Å². The first-order valence-electron chi connectivity index (χ1n) is 9.20. The molecule has 4 saturated carbocycles. The maximum absolute atomic E-state index is 12.9. The van der Waals surface area contributed by atoms with Crippen LogP contribution in [0, 0.1) is 23.2 Å². The Balaban J connectivity index is 1.29. The van der Waals surface area contributed by atoms with Gasteiger partial charge in [0.05, 0.1) is 10.8 Å². The molecule has 6 heteroatoms. The van der Waals surface area contributed by atoms with Crippen LogP contribution in [0.2, 0.25) is 10.0 Å². The average molecular weight is 413 g/mol. The fraction of sp³-hybridized carbons (Fsp3) is 0.600. The lowest BCUT2D eigenvalue weighted by Gasteiger charge is -2.55. The fourth-order valence-electron chi connectivity index (χ4n) is 5.52. The standard InChI is InChI=1S/C20H22Cl2O3S/c21-15-1-2-16(22)17(6-15)26-11-19(24)25-10-18(23)20-7-12-3-13(8-20)5-14(4-12)9-20/h1-2,6,12-14H,3-5,7-11H2. The molecule has 0 N–H and O–H groups in total. The smallest absolute Gasteiger partial charge is 0.316 e. The van der Waals surface area contributed by atoms with Gasteiger partial charge in [-0.25, -0.2) is 0 Å². The zero-order valence-electron chi connectivity index (χ0n) is 14.5. The van der Waals surface area contributed by atoms with Gasteiger partial charge in [0.15, 0.2) is 12.4 Å². The van der Waals surface area contributed by atoms with Gasteiger partial charge in [-0.2, -0.15) is 0 Å². The molecule has 1 aromatic carbocycles. The molecule has 0 atom stereocenters. The molecular weight excluding hydrogens is 391 g/mol. The zero-order valence-corrected chi connectivity index (χ0v) is 16.8. The Labute approximate surface area is 168 Å². The number of ketones is 1. The number of hydrogen-bond acceptors (Lipinski definition) is 4. The summed E-state index contributed by atoms with van der Waals surface area (Å²) in [5.74, 6) is 2.00. The number of esters is 1. The third kappa shape index (κ3) is 3.79. The number of carbonyl (C=O) groups excluding carboxylic acids is 2. The lowest BCUT2D eigenvalue weighted by atomic mass is 9.48. The highest BCUT2D eigenvalue weighted by Gasteiger charge is 2.54. The lowest BCUT2D eigenvalue weighted by Crippen LogP contribution is -2.51. The molecule has 5 rings (SSSR count). The van der Waals surface area contributed by atoms with Crippen molar-refractivity contribution in [1.82, 2.24) is 0 Å². The average Bonchev–Trinajstić information content (AvgIpc) is 2.59. The molecule has 3 nitrogen and oxygen atoms in total. The van der Waals surface area contributed by atoms with Gasteiger partial charge in [-0.15, -0.1) is 11.8 Å². The van der Waals surface area contributed by atoms with Gasteiger partial charge in [0, 0.05) is 15.3 Å². The van der Waals surface area contributed by atoms with Crippen LogP contribution in [0.1, 0.15) is 38.5 Å². The van der Waals surface area contributed by atoms with Crippen molar-refractivity contribution in [2.45, 2.75) is 43.4 Å². The molecule has 0 saturated heterocycles. The third-order valence-electron chi connectivity index (χ3n) is 6.23. The van der Waals surface area contributed by atoms with E-state index in [2.05, 4.69) is 0 Å². The molecule has 0 spiro atoms. The monoisotopic (exact) mass is 412 g/mol. The second-order valence-electron chi connectivity index (χ2n) is 8.15. The van der Waals surface area contributed by atoms with Gasteiger partial charge in [-0.1, -0.05) is 23.2 Å². The number of benzene rings is 1. The first-order valence-corrected chi connectivity index (χ1v) is 10.9. The Morgan fingerprint density at radius 3 is 2.31 bits per heavy atom. The van der Waals surface area contributed by atoms with E-state index < -0.39 is 0 Å². The molecule has 0 heterocycles. The Kier molecular flexibility index (Phi) is 5.28. The minimum Gasteiger partial charge on any atom is -0.457 e. The zero-order chi connectivity index (χ0) is 18.3. The molecule has 0 aromatic heterocycles. The Bertz CT molecular complexity index is 698. The van der Waals surface area contributed by atoms with Crippen LogP contribution in [0.5, 0.6) is 0 Å². The van der Waals surface area contributed by atoms with Crippen molar-refractivity contribution < 1.29 is 14.3 Å². The second-order valence-corrected chi connectivity index (χ2v) is 10.0. The molecule has 4 fully saturated rings. The Morgan fingerprint density at radius 2 is 1.69 bits per heavy atom. The van der Waals surface area contributed by atoms with Crippen molar-refractivity contribution in [2.75, 3.05) is 12.4 Å². The predicted octanol–water partition coefficient (Wildman–Crippen LogP) is 5.41. The summed E-state index contributed by atoms with van der Waals surface area (Å²) in [7, 11) is 0. The van der Waals surface area contributed by atoms with Gasteiger partial charge in [0.2, 0.25) is 0 Å². The highest BCUT2D eigenvalue weighted by Crippen LogP contribution is 2.60. The van der Waals surface area contributed by atoms with E-state index >= 15 is 0 Å². The lowest BCUT2D eigenvalue weighted by molar-refractivity contribution is -0.156. The minimum atomic E-state index is -0.385. The van der Waals surface area contributed by atoms with E-state index in [9.17, 15) is 9.59 Å². The Morgan fingerprint density at radius 1 is 1.08 bits per heavy atom. The molecule has 140 valence electrons. The van der Waals surface area contributed by atoms with Crippen LogP contribution in [0.4, 0.5) is 0 Å². The molecule has 0 aliphatic heterocycles. The van der Waals surface area contributed by atoms with Gasteiger partial charge in [0.1, 0.15) is 0 Å². The third-order valence-corrected chi connectivity index (χ3v) is 7.94. The second kappa shape index (κ2) is 7.37. The van der Waals surface area contributed by atoms with Crippen LogP contribution in [0.25, 0.3) is 0 Å². The van der Waals surface area contributed by atoms with Crippen molar-refractivity contribution in [3.8, 4) is 0 Å². The highest BCUT2D eigenvalue weighted by atomic mass is 35.5. The molecule has 4 aliphatic rings. The van der Waals surface area contributed by atoms with Crippen LogP contribution in [0.3, 0.4) is 0 Å². The largest absolute Gasteiger partial charge is 0.457 e.